The third-order valence-electron chi connectivity index (χ3n) is 5.04. The van der Waals surface area contributed by atoms with Gasteiger partial charge < -0.3 is 15.8 Å². The molecule has 1 amide bonds. The molecule has 1 aliphatic carbocycles. The number of ether oxygens (including phenoxy) is 1. The van der Waals surface area contributed by atoms with Gasteiger partial charge in [0.05, 0.1) is 7.11 Å². The first-order chi connectivity index (χ1) is 12.1. The first kappa shape index (κ1) is 22.5. The lowest BCUT2D eigenvalue weighted by atomic mass is 9.84. The molecule has 0 spiro atoms. The summed E-state index contributed by atoms with van der Waals surface area (Å²) in [6.45, 7) is 0.487. The number of Topliss-reactive ketones (excluding diaryl/α,β-unsaturated/α-hetero) is 1. The highest BCUT2D eigenvalue weighted by molar-refractivity contribution is 5.96. The van der Waals surface area contributed by atoms with Gasteiger partial charge in [0.25, 0.3) is 0 Å². The number of hydrogen-bond acceptors (Lipinski definition) is 4. The lowest BCUT2D eigenvalue weighted by Gasteiger charge is -2.30. The molecule has 1 fully saturated rings. The fraction of sp³-hybridized carbons (Fsp3) is 0.600. The van der Waals surface area contributed by atoms with Crippen LogP contribution in [0.25, 0.3) is 0 Å². The minimum atomic E-state index is 0. The van der Waals surface area contributed by atoms with Crippen LogP contribution in [0, 0.1) is 5.92 Å². The first-order valence-corrected chi connectivity index (χ1v) is 9.30. The number of nitrogens with one attached hydrogen (secondary N) is 1. The van der Waals surface area contributed by atoms with Crippen LogP contribution in [0.15, 0.2) is 24.3 Å². The fourth-order valence-corrected chi connectivity index (χ4v) is 3.52. The second-order valence-corrected chi connectivity index (χ2v) is 6.81. The van der Waals surface area contributed by atoms with Gasteiger partial charge in [0.15, 0.2) is 5.78 Å². The third-order valence-corrected chi connectivity index (χ3v) is 5.04. The van der Waals surface area contributed by atoms with Crippen LogP contribution in [0.1, 0.15) is 61.7 Å². The molecule has 0 aromatic heterocycles. The molecule has 0 aliphatic heterocycles. The Kier molecular flexibility index (Phi) is 10.3. The van der Waals surface area contributed by atoms with E-state index in [2.05, 4.69) is 5.32 Å². The molecule has 1 atom stereocenters. The molecule has 1 saturated carbocycles. The van der Waals surface area contributed by atoms with Gasteiger partial charge in [0.1, 0.15) is 5.75 Å². The number of benzene rings is 1. The highest BCUT2D eigenvalue weighted by Crippen LogP contribution is 2.26. The van der Waals surface area contributed by atoms with Gasteiger partial charge in [0.2, 0.25) is 5.91 Å². The summed E-state index contributed by atoms with van der Waals surface area (Å²) in [5.41, 5.74) is 6.51. The SMILES string of the molecule is COc1ccc(C(=O)CCCC(=O)NC(CN)C2CCCCC2)cc1.Cl. The molecule has 0 radical (unpaired) electrons. The molecule has 1 aromatic rings. The van der Waals surface area contributed by atoms with Gasteiger partial charge in [-0.1, -0.05) is 19.3 Å². The monoisotopic (exact) mass is 382 g/mol. The number of amides is 1. The van der Waals surface area contributed by atoms with E-state index in [1.54, 1.807) is 31.4 Å². The summed E-state index contributed by atoms with van der Waals surface area (Å²) in [6.07, 6.45) is 7.34. The Balaban J connectivity index is 0.00000338. The summed E-state index contributed by atoms with van der Waals surface area (Å²) in [5.74, 6) is 1.29. The largest absolute Gasteiger partial charge is 0.497 e. The van der Waals surface area contributed by atoms with E-state index in [4.69, 9.17) is 10.5 Å². The molecule has 2 rings (SSSR count). The number of methoxy groups -OCH3 is 1. The molecule has 6 heteroatoms. The summed E-state index contributed by atoms with van der Waals surface area (Å²) in [7, 11) is 1.59. The van der Waals surface area contributed by atoms with Crippen LogP contribution in [-0.4, -0.2) is 31.4 Å². The Hall–Kier alpha value is -1.59. The van der Waals surface area contributed by atoms with Gasteiger partial charge in [-0.15, -0.1) is 12.4 Å². The van der Waals surface area contributed by atoms with E-state index in [1.165, 1.54) is 19.3 Å². The van der Waals surface area contributed by atoms with Gasteiger partial charge in [-0.05, 0) is 49.4 Å². The molecule has 0 saturated heterocycles. The van der Waals surface area contributed by atoms with E-state index in [9.17, 15) is 9.59 Å². The Morgan fingerprint density at radius 1 is 1.15 bits per heavy atom. The molecule has 1 aliphatic rings. The van der Waals surface area contributed by atoms with Crippen molar-refractivity contribution in [3.63, 3.8) is 0 Å². The Bertz CT molecular complexity index is 557. The van der Waals surface area contributed by atoms with Crippen molar-refractivity contribution in [3.8, 4) is 5.75 Å². The van der Waals surface area contributed by atoms with E-state index < -0.39 is 0 Å². The van der Waals surface area contributed by atoms with Crippen molar-refractivity contribution in [2.45, 2.75) is 57.4 Å². The van der Waals surface area contributed by atoms with Gasteiger partial charge in [-0.2, -0.15) is 0 Å². The van der Waals surface area contributed by atoms with Crippen molar-refractivity contribution in [3.05, 3.63) is 29.8 Å². The molecule has 5 nitrogen and oxygen atoms in total. The van der Waals surface area contributed by atoms with Crippen molar-refractivity contribution in [2.75, 3.05) is 13.7 Å². The molecule has 0 bridgehead atoms. The van der Waals surface area contributed by atoms with Crippen molar-refractivity contribution >= 4 is 24.1 Å². The third kappa shape index (κ3) is 6.96. The summed E-state index contributed by atoms with van der Waals surface area (Å²) >= 11 is 0. The average molecular weight is 383 g/mol. The topological polar surface area (TPSA) is 81.4 Å². The van der Waals surface area contributed by atoms with Crippen LogP contribution >= 0.6 is 12.4 Å². The molecular formula is C20H31ClN2O3. The van der Waals surface area contributed by atoms with Crippen LogP contribution in [0.4, 0.5) is 0 Å². The Labute approximate surface area is 162 Å². The van der Waals surface area contributed by atoms with Gasteiger partial charge >= 0.3 is 0 Å². The zero-order valence-electron chi connectivity index (χ0n) is 15.5. The zero-order valence-corrected chi connectivity index (χ0v) is 16.4. The standard InChI is InChI=1S/C20H30N2O3.ClH/c1-25-17-12-10-16(11-13-17)19(23)8-5-9-20(24)22-18(14-21)15-6-3-2-4-7-15;/h10-13,15,18H,2-9,14,21H2,1H3,(H,22,24);1H. The van der Waals surface area contributed by atoms with Crippen LogP contribution in [0.2, 0.25) is 0 Å². The van der Waals surface area contributed by atoms with Crippen LogP contribution in [-0.2, 0) is 4.79 Å². The number of carbonyl (C=O) groups excluding carboxylic acids is 2. The zero-order chi connectivity index (χ0) is 18.1. The highest BCUT2D eigenvalue weighted by Gasteiger charge is 2.23. The maximum absolute atomic E-state index is 12.2. The molecule has 146 valence electrons. The first-order valence-electron chi connectivity index (χ1n) is 9.30. The second-order valence-electron chi connectivity index (χ2n) is 6.81. The minimum absolute atomic E-state index is 0. The normalized spacial score (nSPS) is 15.6. The van der Waals surface area contributed by atoms with Crippen LogP contribution in [0.5, 0.6) is 5.75 Å². The van der Waals surface area contributed by atoms with E-state index >= 15 is 0 Å². The van der Waals surface area contributed by atoms with Gasteiger partial charge in [0, 0.05) is 31.0 Å². The maximum Gasteiger partial charge on any atom is 0.220 e. The Morgan fingerprint density at radius 2 is 1.81 bits per heavy atom. The van der Waals surface area contributed by atoms with E-state index in [-0.39, 0.29) is 30.1 Å². The molecular weight excluding hydrogens is 352 g/mol. The summed E-state index contributed by atoms with van der Waals surface area (Å²) in [6, 6.07) is 7.14. The van der Waals surface area contributed by atoms with E-state index in [1.807, 2.05) is 0 Å². The van der Waals surface area contributed by atoms with Crippen LogP contribution in [0.3, 0.4) is 0 Å². The second kappa shape index (κ2) is 11.9. The number of ketones is 1. The number of carbonyl (C=O) groups is 2. The lowest BCUT2D eigenvalue weighted by molar-refractivity contribution is -0.122. The van der Waals surface area contributed by atoms with Crippen molar-refractivity contribution in [1.29, 1.82) is 0 Å². The summed E-state index contributed by atoms with van der Waals surface area (Å²) in [5, 5.41) is 3.07. The number of halogens is 1. The summed E-state index contributed by atoms with van der Waals surface area (Å²) < 4.78 is 5.08. The summed E-state index contributed by atoms with van der Waals surface area (Å²) in [4.78, 5) is 24.3. The predicted octanol–water partition coefficient (Wildman–Crippen LogP) is 3.49. The van der Waals surface area contributed by atoms with Crippen molar-refractivity contribution < 1.29 is 14.3 Å². The van der Waals surface area contributed by atoms with Gasteiger partial charge in [-0.3, -0.25) is 9.59 Å². The number of rotatable bonds is 9. The van der Waals surface area contributed by atoms with E-state index in [0.717, 1.165) is 18.6 Å². The molecule has 26 heavy (non-hydrogen) atoms. The van der Waals surface area contributed by atoms with Crippen LogP contribution < -0.4 is 15.8 Å². The fourth-order valence-electron chi connectivity index (χ4n) is 3.52. The molecule has 3 N–H and O–H groups in total. The average Bonchev–Trinajstić information content (AvgIpc) is 2.66. The predicted molar refractivity (Wildman–Crippen MR) is 106 cm³/mol. The van der Waals surface area contributed by atoms with Crippen molar-refractivity contribution in [2.24, 2.45) is 11.7 Å². The number of hydrogen-bond donors (Lipinski definition) is 2. The van der Waals surface area contributed by atoms with E-state index in [0.29, 0.717) is 37.3 Å². The molecule has 0 heterocycles. The molecule has 1 unspecified atom stereocenters. The van der Waals surface area contributed by atoms with Gasteiger partial charge in [-0.25, -0.2) is 0 Å². The lowest BCUT2D eigenvalue weighted by Crippen LogP contribution is -2.45. The highest BCUT2D eigenvalue weighted by atomic mass is 35.5. The maximum atomic E-state index is 12.2. The van der Waals surface area contributed by atoms with Crippen molar-refractivity contribution in [1.82, 2.24) is 5.32 Å². The molecule has 1 aromatic carbocycles. The Morgan fingerprint density at radius 3 is 2.38 bits per heavy atom. The number of nitrogens with two attached hydrogens (primary N) is 1. The smallest absolute Gasteiger partial charge is 0.220 e. The minimum Gasteiger partial charge on any atom is -0.497 e. The quantitative estimate of drug-likeness (QED) is 0.640.